The topological polar surface area (TPSA) is 78.9 Å². The molecule has 0 bridgehead atoms. The second-order valence-corrected chi connectivity index (χ2v) is 19.8. The summed E-state index contributed by atoms with van der Waals surface area (Å²) >= 11 is 0. The van der Waals surface area contributed by atoms with Gasteiger partial charge in [-0.15, -0.1) is 0 Å². The van der Waals surface area contributed by atoms with E-state index < -0.39 is 12.1 Å². The fourth-order valence-electron chi connectivity index (χ4n) is 7.86. The van der Waals surface area contributed by atoms with E-state index in [1.165, 1.54) is 83.5 Å². The number of esters is 3. The van der Waals surface area contributed by atoms with E-state index in [1.54, 1.807) is 0 Å². The van der Waals surface area contributed by atoms with E-state index in [0.29, 0.717) is 19.3 Å². The zero-order chi connectivity index (χ0) is 56.4. The Balaban J connectivity index is 4.63. The number of hydrogen-bond donors (Lipinski definition) is 0. The maximum Gasteiger partial charge on any atom is 0.306 e. The van der Waals surface area contributed by atoms with Crippen molar-refractivity contribution in [3.05, 3.63) is 170 Å². The van der Waals surface area contributed by atoms with Crippen LogP contribution in [0.5, 0.6) is 0 Å². The summed E-state index contributed by atoms with van der Waals surface area (Å²) in [5.74, 6) is -1.09. The SMILES string of the molecule is CC/C=C\C/C=C\C/C=C\C/C=C\C/C=C\C/C=C\C/C=C\CCCC(=O)OCC(COC(=O)CCCCCCCCC/C=C\CCCCCCCCC)OC(=O)CC/C=C\C/C=C\C/C=C\C/C=C\C/C=C\C/C=C\CC. The molecule has 0 aromatic heterocycles. The normalized spacial score (nSPS) is 13.3. The van der Waals surface area contributed by atoms with Gasteiger partial charge >= 0.3 is 17.9 Å². The summed E-state index contributed by atoms with van der Waals surface area (Å²) in [6, 6.07) is 0. The maximum absolute atomic E-state index is 12.9. The number of carbonyl (C=O) groups excluding carboxylic acids is 3. The third-order valence-electron chi connectivity index (χ3n) is 12.4. The number of unbranched alkanes of at least 4 members (excludes halogenated alkanes) is 15. The van der Waals surface area contributed by atoms with Crippen LogP contribution in [-0.4, -0.2) is 37.2 Å². The van der Waals surface area contributed by atoms with Crippen LogP contribution in [0.15, 0.2) is 170 Å². The van der Waals surface area contributed by atoms with Crippen LogP contribution in [0.4, 0.5) is 0 Å². The molecule has 0 spiro atoms. The van der Waals surface area contributed by atoms with Crippen LogP contribution in [0, 0.1) is 0 Å². The Morgan fingerprint density at radius 3 is 0.897 bits per heavy atom. The lowest BCUT2D eigenvalue weighted by molar-refractivity contribution is -0.166. The van der Waals surface area contributed by atoms with Crippen molar-refractivity contribution in [1.82, 2.24) is 0 Å². The van der Waals surface area contributed by atoms with E-state index in [-0.39, 0.29) is 38.0 Å². The van der Waals surface area contributed by atoms with Crippen molar-refractivity contribution in [2.75, 3.05) is 13.2 Å². The van der Waals surface area contributed by atoms with Crippen molar-refractivity contribution in [1.29, 1.82) is 0 Å². The first-order valence-corrected chi connectivity index (χ1v) is 31.1. The van der Waals surface area contributed by atoms with Crippen LogP contribution in [0.25, 0.3) is 0 Å². The Morgan fingerprint density at radius 1 is 0.269 bits per heavy atom. The van der Waals surface area contributed by atoms with E-state index in [2.05, 4.69) is 179 Å². The number of ether oxygens (including phenoxy) is 3. The van der Waals surface area contributed by atoms with Gasteiger partial charge in [0.1, 0.15) is 13.2 Å². The van der Waals surface area contributed by atoms with Crippen molar-refractivity contribution in [2.45, 2.75) is 252 Å². The van der Waals surface area contributed by atoms with Gasteiger partial charge in [-0.05, 0) is 135 Å². The third-order valence-corrected chi connectivity index (χ3v) is 12.4. The molecule has 0 saturated carbocycles. The molecule has 1 atom stereocenters. The summed E-state index contributed by atoms with van der Waals surface area (Å²) in [4.78, 5) is 38.3. The highest BCUT2D eigenvalue weighted by atomic mass is 16.6. The molecule has 436 valence electrons. The fraction of sp³-hybridized carbons (Fsp3) is 0.569. The Morgan fingerprint density at radius 2 is 0.538 bits per heavy atom. The Hall–Kier alpha value is -5.23. The van der Waals surface area contributed by atoms with E-state index in [1.807, 2.05) is 12.2 Å². The number of hydrogen-bond acceptors (Lipinski definition) is 6. The van der Waals surface area contributed by atoms with Crippen LogP contribution in [0.3, 0.4) is 0 Å². The van der Waals surface area contributed by atoms with Crippen LogP contribution in [0.1, 0.15) is 245 Å². The summed E-state index contributed by atoms with van der Waals surface area (Å²) in [5.41, 5.74) is 0. The Bertz CT molecular complexity index is 1810. The minimum absolute atomic E-state index is 0.136. The van der Waals surface area contributed by atoms with E-state index >= 15 is 0 Å². The number of rotatable bonds is 54. The summed E-state index contributed by atoms with van der Waals surface area (Å²) < 4.78 is 16.8. The van der Waals surface area contributed by atoms with Gasteiger partial charge in [0, 0.05) is 19.3 Å². The molecule has 0 aromatic carbocycles. The molecule has 0 aliphatic rings. The molecule has 0 N–H and O–H groups in total. The van der Waals surface area contributed by atoms with Crippen molar-refractivity contribution < 1.29 is 28.6 Å². The van der Waals surface area contributed by atoms with Gasteiger partial charge in [-0.1, -0.05) is 262 Å². The summed E-state index contributed by atoms with van der Waals surface area (Å²) in [5, 5.41) is 0. The monoisotopic (exact) mass is 1070 g/mol. The highest BCUT2D eigenvalue weighted by Gasteiger charge is 2.19. The highest BCUT2D eigenvalue weighted by Crippen LogP contribution is 2.13. The molecule has 0 amide bonds. The van der Waals surface area contributed by atoms with Gasteiger partial charge < -0.3 is 14.2 Å². The molecule has 6 nitrogen and oxygen atoms in total. The third kappa shape index (κ3) is 61.6. The first-order chi connectivity index (χ1) is 38.5. The average Bonchev–Trinajstić information content (AvgIpc) is 3.44. The van der Waals surface area contributed by atoms with Gasteiger partial charge in [0.25, 0.3) is 0 Å². The van der Waals surface area contributed by atoms with Gasteiger partial charge in [0.2, 0.25) is 0 Å². The first kappa shape index (κ1) is 72.8. The van der Waals surface area contributed by atoms with Crippen molar-refractivity contribution in [2.24, 2.45) is 0 Å². The molecule has 0 aromatic rings. The second kappa shape index (κ2) is 64.3. The van der Waals surface area contributed by atoms with Gasteiger partial charge in [0.05, 0.1) is 0 Å². The minimum atomic E-state index is -0.855. The molecule has 1 unspecified atom stereocenters. The zero-order valence-corrected chi connectivity index (χ0v) is 49.9. The summed E-state index contributed by atoms with van der Waals surface area (Å²) in [6.07, 6.45) is 95.1. The number of allylic oxidation sites excluding steroid dienone is 28. The molecule has 0 heterocycles. The van der Waals surface area contributed by atoms with Crippen molar-refractivity contribution in [3.8, 4) is 0 Å². The molecule has 0 aliphatic carbocycles. The van der Waals surface area contributed by atoms with Gasteiger partial charge in [-0.2, -0.15) is 0 Å². The molecule has 0 aliphatic heterocycles. The summed E-state index contributed by atoms with van der Waals surface area (Å²) in [7, 11) is 0. The van der Waals surface area contributed by atoms with Gasteiger partial charge in [0.15, 0.2) is 6.10 Å². The van der Waals surface area contributed by atoms with Crippen LogP contribution >= 0.6 is 0 Å². The van der Waals surface area contributed by atoms with E-state index in [0.717, 1.165) is 109 Å². The predicted octanol–water partition coefficient (Wildman–Crippen LogP) is 21.5. The number of carbonyl (C=O) groups is 3. The van der Waals surface area contributed by atoms with E-state index in [9.17, 15) is 14.4 Å². The molecule has 6 heteroatoms. The van der Waals surface area contributed by atoms with Gasteiger partial charge in [-0.25, -0.2) is 0 Å². The molecule has 78 heavy (non-hydrogen) atoms. The predicted molar refractivity (Wildman–Crippen MR) is 338 cm³/mol. The van der Waals surface area contributed by atoms with E-state index in [4.69, 9.17) is 14.2 Å². The van der Waals surface area contributed by atoms with Crippen molar-refractivity contribution >= 4 is 17.9 Å². The zero-order valence-electron chi connectivity index (χ0n) is 49.9. The van der Waals surface area contributed by atoms with Crippen molar-refractivity contribution in [3.63, 3.8) is 0 Å². The van der Waals surface area contributed by atoms with Crippen LogP contribution in [-0.2, 0) is 28.6 Å². The lowest BCUT2D eigenvalue weighted by Crippen LogP contribution is -2.30. The Kier molecular flexibility index (Phi) is 60.0. The molecule has 0 rings (SSSR count). The largest absolute Gasteiger partial charge is 0.462 e. The van der Waals surface area contributed by atoms with Gasteiger partial charge in [-0.3, -0.25) is 14.4 Å². The summed E-state index contributed by atoms with van der Waals surface area (Å²) in [6.45, 7) is 6.29. The smallest absolute Gasteiger partial charge is 0.306 e. The molecule has 0 saturated heterocycles. The fourth-order valence-corrected chi connectivity index (χ4v) is 7.86. The van der Waals surface area contributed by atoms with Crippen LogP contribution in [0.2, 0.25) is 0 Å². The molecular formula is C72H112O6. The molecular weight excluding hydrogens is 961 g/mol. The average molecular weight is 1070 g/mol. The molecule has 0 fully saturated rings. The molecule has 0 radical (unpaired) electrons. The second-order valence-electron chi connectivity index (χ2n) is 19.8. The highest BCUT2D eigenvalue weighted by molar-refractivity contribution is 5.71. The lowest BCUT2D eigenvalue weighted by atomic mass is 10.1. The standard InChI is InChI=1S/C72H112O6/c1-4-7-10-13-16-19-22-25-28-31-34-35-36-37-39-41-44-47-50-53-56-59-62-65-71(74)77-68-69(67-76-70(73)64-61-58-55-52-49-46-43-40-33-30-27-24-21-18-15-12-9-6-3)78-72(75)66-63-60-57-54-51-48-45-42-38-32-29-26-23-20-17-14-11-8-5-2/h7-8,10-11,16-17,19-20,25-26,28-30,33-35,37-39,42,44,47-48,51,53,56-57,60,69H,4-6,9,12-15,18,21-24,27,31-32,36,40-41,43,45-46,49-50,52,54-55,58-59,61-68H2,1-3H3/b10-7-,11-8-,19-16-,20-17-,28-25-,29-26-,33-30-,35-34-,39-37-,42-38-,47-44-,51-48-,56-53-,60-57-. The lowest BCUT2D eigenvalue weighted by Gasteiger charge is -2.18. The Labute approximate surface area is 479 Å². The minimum Gasteiger partial charge on any atom is -0.462 e. The maximum atomic E-state index is 12.9. The van der Waals surface area contributed by atoms with Crippen LogP contribution < -0.4 is 0 Å². The first-order valence-electron chi connectivity index (χ1n) is 31.1. The quantitative estimate of drug-likeness (QED) is 0.0261.